The topological polar surface area (TPSA) is 72.4 Å². The highest BCUT2D eigenvalue weighted by Gasteiger charge is 2.34. The van der Waals surface area contributed by atoms with E-state index in [2.05, 4.69) is 9.97 Å². The van der Waals surface area contributed by atoms with Gasteiger partial charge in [-0.15, -0.1) is 0 Å². The monoisotopic (exact) mass is 409 g/mol. The first-order chi connectivity index (χ1) is 14.1. The van der Waals surface area contributed by atoms with E-state index in [1.807, 2.05) is 6.07 Å². The number of halogens is 1. The molecule has 7 heteroatoms. The van der Waals surface area contributed by atoms with E-state index < -0.39 is 17.8 Å². The molecule has 1 atom stereocenters. The number of nitrogens with zero attached hydrogens (tertiary/aromatic N) is 3. The number of carbonyl (C=O) groups excluding carboxylic acids is 2. The molecule has 3 rings (SSSR count). The van der Waals surface area contributed by atoms with Gasteiger partial charge >= 0.3 is 5.97 Å². The van der Waals surface area contributed by atoms with Crippen LogP contribution < -0.4 is 4.90 Å². The van der Waals surface area contributed by atoms with Gasteiger partial charge in [0.15, 0.2) is 5.92 Å². The number of esters is 1. The van der Waals surface area contributed by atoms with Gasteiger partial charge in [-0.25, -0.2) is 9.97 Å². The predicted molar refractivity (Wildman–Crippen MR) is 110 cm³/mol. The number of aromatic nitrogens is 2. The van der Waals surface area contributed by atoms with E-state index in [0.717, 1.165) is 5.56 Å². The summed E-state index contributed by atoms with van der Waals surface area (Å²) in [6.07, 6.45) is 3.19. The maximum Gasteiger partial charge on any atom is 0.323 e. The van der Waals surface area contributed by atoms with Crippen molar-refractivity contribution in [2.24, 2.45) is 0 Å². The van der Waals surface area contributed by atoms with Crippen molar-refractivity contribution in [1.82, 2.24) is 9.97 Å². The summed E-state index contributed by atoms with van der Waals surface area (Å²) in [6, 6.07) is 17.5. The van der Waals surface area contributed by atoms with E-state index >= 15 is 0 Å². The second-order valence-electron chi connectivity index (χ2n) is 6.20. The zero-order valence-corrected chi connectivity index (χ0v) is 16.6. The fraction of sp³-hybridized carbons (Fsp3) is 0.182. The molecule has 2 aromatic heterocycles. The first-order valence-electron chi connectivity index (χ1n) is 9.14. The average molecular weight is 410 g/mol. The molecular formula is C22H20ClN3O3. The lowest BCUT2D eigenvalue weighted by Gasteiger charge is -2.26. The highest BCUT2D eigenvalue weighted by molar-refractivity contribution is 6.29. The van der Waals surface area contributed by atoms with Crippen LogP contribution in [-0.2, 0) is 20.9 Å². The third kappa shape index (κ3) is 5.18. The molecule has 0 aliphatic heterocycles. The van der Waals surface area contributed by atoms with Gasteiger partial charge in [0.05, 0.1) is 13.2 Å². The van der Waals surface area contributed by atoms with Gasteiger partial charge in [-0.05, 0) is 36.2 Å². The first kappa shape index (κ1) is 20.5. The Labute approximate surface area is 174 Å². The van der Waals surface area contributed by atoms with Crippen LogP contribution in [-0.4, -0.2) is 28.5 Å². The third-order valence-corrected chi connectivity index (χ3v) is 4.45. The smallest absolute Gasteiger partial charge is 0.323 e. The molecule has 0 radical (unpaired) electrons. The minimum absolute atomic E-state index is 0.181. The van der Waals surface area contributed by atoms with Crippen LogP contribution in [0.2, 0.25) is 5.15 Å². The zero-order chi connectivity index (χ0) is 20.6. The highest BCUT2D eigenvalue weighted by atomic mass is 35.5. The molecule has 0 aliphatic rings. The summed E-state index contributed by atoms with van der Waals surface area (Å²) in [7, 11) is 0. The van der Waals surface area contributed by atoms with Gasteiger partial charge in [0.2, 0.25) is 5.91 Å². The Morgan fingerprint density at radius 3 is 2.41 bits per heavy atom. The second kappa shape index (κ2) is 9.80. The van der Waals surface area contributed by atoms with Crippen molar-refractivity contribution in [2.75, 3.05) is 11.5 Å². The maximum absolute atomic E-state index is 13.6. The zero-order valence-electron chi connectivity index (χ0n) is 15.9. The summed E-state index contributed by atoms with van der Waals surface area (Å²) < 4.78 is 5.19. The van der Waals surface area contributed by atoms with Crippen LogP contribution in [0.4, 0.5) is 5.82 Å². The molecule has 3 aromatic rings. The number of pyridine rings is 2. The van der Waals surface area contributed by atoms with E-state index in [1.54, 1.807) is 73.9 Å². The largest absolute Gasteiger partial charge is 0.465 e. The standard InChI is InChI=1S/C22H20ClN3O3/c1-2-29-22(28)20(17-8-4-3-5-9-17)21(27)26(19-10-6-7-13-24-19)15-16-11-12-18(23)25-14-16/h3-14,20H,2,15H2,1H3. The van der Waals surface area contributed by atoms with E-state index in [4.69, 9.17) is 16.3 Å². The molecule has 6 nitrogen and oxygen atoms in total. The molecule has 0 N–H and O–H groups in total. The molecule has 2 heterocycles. The Kier molecular flexibility index (Phi) is 6.92. The van der Waals surface area contributed by atoms with Gasteiger partial charge in [0, 0.05) is 12.4 Å². The SMILES string of the molecule is CCOC(=O)C(C(=O)N(Cc1ccc(Cl)nc1)c1ccccn1)c1ccccc1. The van der Waals surface area contributed by atoms with E-state index in [0.29, 0.717) is 16.5 Å². The molecule has 1 amide bonds. The van der Waals surface area contributed by atoms with Gasteiger partial charge < -0.3 is 4.74 Å². The van der Waals surface area contributed by atoms with Gasteiger partial charge in [-0.2, -0.15) is 0 Å². The van der Waals surface area contributed by atoms with Crippen molar-refractivity contribution in [3.8, 4) is 0 Å². The molecule has 1 unspecified atom stereocenters. The lowest BCUT2D eigenvalue weighted by atomic mass is 9.97. The number of amides is 1. The average Bonchev–Trinajstić information content (AvgIpc) is 2.75. The molecule has 1 aromatic carbocycles. The molecule has 0 fully saturated rings. The Balaban J connectivity index is 2.00. The summed E-state index contributed by atoms with van der Waals surface area (Å²) in [4.78, 5) is 36.1. The van der Waals surface area contributed by atoms with Crippen molar-refractivity contribution >= 4 is 29.3 Å². The molecule has 29 heavy (non-hydrogen) atoms. The first-order valence-corrected chi connectivity index (χ1v) is 9.52. The number of hydrogen-bond donors (Lipinski definition) is 0. The van der Waals surface area contributed by atoms with Gasteiger partial charge in [-0.3, -0.25) is 14.5 Å². The summed E-state index contributed by atoms with van der Waals surface area (Å²) >= 11 is 5.87. The fourth-order valence-electron chi connectivity index (χ4n) is 2.87. The van der Waals surface area contributed by atoms with Crippen LogP contribution in [0, 0.1) is 0 Å². The van der Waals surface area contributed by atoms with Crippen molar-refractivity contribution < 1.29 is 14.3 Å². The summed E-state index contributed by atoms with van der Waals surface area (Å²) in [5.41, 5.74) is 1.31. The Hall–Kier alpha value is -3.25. The Bertz CT molecular complexity index is 950. The van der Waals surface area contributed by atoms with Crippen molar-refractivity contribution in [3.63, 3.8) is 0 Å². The molecule has 0 saturated heterocycles. The summed E-state index contributed by atoms with van der Waals surface area (Å²) in [5.74, 6) is -1.70. The Morgan fingerprint density at radius 2 is 1.79 bits per heavy atom. The summed E-state index contributed by atoms with van der Waals surface area (Å²) in [6.45, 7) is 2.07. The fourth-order valence-corrected chi connectivity index (χ4v) is 2.99. The number of benzene rings is 1. The van der Waals surface area contributed by atoms with Crippen molar-refractivity contribution in [1.29, 1.82) is 0 Å². The van der Waals surface area contributed by atoms with E-state index in [1.165, 1.54) is 4.90 Å². The number of anilines is 1. The summed E-state index contributed by atoms with van der Waals surface area (Å²) in [5, 5.41) is 0.359. The number of rotatable bonds is 7. The molecule has 0 aliphatic carbocycles. The van der Waals surface area contributed by atoms with Crippen LogP contribution in [0.15, 0.2) is 73.1 Å². The molecule has 148 valence electrons. The number of hydrogen-bond acceptors (Lipinski definition) is 5. The highest BCUT2D eigenvalue weighted by Crippen LogP contribution is 2.25. The number of ether oxygens (including phenoxy) is 1. The second-order valence-corrected chi connectivity index (χ2v) is 6.58. The molecule has 0 saturated carbocycles. The molecule has 0 spiro atoms. The molecule has 0 bridgehead atoms. The van der Waals surface area contributed by atoms with Crippen LogP contribution in [0.1, 0.15) is 24.0 Å². The normalized spacial score (nSPS) is 11.5. The van der Waals surface area contributed by atoms with Crippen LogP contribution in [0.5, 0.6) is 0 Å². The van der Waals surface area contributed by atoms with E-state index in [-0.39, 0.29) is 13.2 Å². The van der Waals surface area contributed by atoms with E-state index in [9.17, 15) is 9.59 Å². The lowest BCUT2D eigenvalue weighted by molar-refractivity contribution is -0.147. The van der Waals surface area contributed by atoms with Crippen LogP contribution >= 0.6 is 11.6 Å². The molecular weight excluding hydrogens is 390 g/mol. The lowest BCUT2D eigenvalue weighted by Crippen LogP contribution is -2.39. The van der Waals surface area contributed by atoms with Gasteiger partial charge in [0.25, 0.3) is 0 Å². The minimum Gasteiger partial charge on any atom is -0.465 e. The third-order valence-electron chi connectivity index (χ3n) is 4.22. The Morgan fingerprint density at radius 1 is 1.03 bits per heavy atom. The van der Waals surface area contributed by atoms with Crippen LogP contribution in [0.25, 0.3) is 0 Å². The predicted octanol–water partition coefficient (Wildman–Crippen LogP) is 4.01. The van der Waals surface area contributed by atoms with Crippen molar-refractivity contribution in [3.05, 3.63) is 89.3 Å². The van der Waals surface area contributed by atoms with Crippen LogP contribution in [0.3, 0.4) is 0 Å². The van der Waals surface area contributed by atoms with Gasteiger partial charge in [-0.1, -0.05) is 54.1 Å². The van der Waals surface area contributed by atoms with Crippen molar-refractivity contribution in [2.45, 2.75) is 19.4 Å². The van der Waals surface area contributed by atoms with Gasteiger partial charge in [0.1, 0.15) is 11.0 Å². The quantitative estimate of drug-likeness (QED) is 0.335. The minimum atomic E-state index is -1.10. The maximum atomic E-state index is 13.6. The number of carbonyl (C=O) groups is 2.